The molecule has 1 saturated heterocycles. The molecule has 0 spiro atoms. The molecule has 0 aromatic carbocycles. The summed E-state index contributed by atoms with van der Waals surface area (Å²) < 4.78 is 0. The molecule has 2 rings (SSSR count). The zero-order chi connectivity index (χ0) is 17.5. The lowest BCUT2D eigenvalue weighted by Gasteiger charge is -2.28. The molecule has 134 valence electrons. The van der Waals surface area contributed by atoms with Gasteiger partial charge in [-0.3, -0.25) is 14.5 Å². The number of hydrogen-bond donors (Lipinski definition) is 1. The van der Waals surface area contributed by atoms with Crippen LogP contribution >= 0.6 is 11.3 Å². The van der Waals surface area contributed by atoms with Crippen LogP contribution in [0.2, 0.25) is 0 Å². The molecule has 6 nitrogen and oxygen atoms in total. The second-order valence-corrected chi connectivity index (χ2v) is 7.33. The Kier molecular flexibility index (Phi) is 7.17. The van der Waals surface area contributed by atoms with Crippen molar-refractivity contribution in [2.24, 2.45) is 0 Å². The Balaban J connectivity index is 1.91. The third-order valence-electron chi connectivity index (χ3n) is 4.39. The van der Waals surface area contributed by atoms with Gasteiger partial charge in [-0.1, -0.05) is 6.92 Å². The standard InChI is InChI=1S/C17H27N3O3S/c1-3-5-16-18-14(12-24-16)10-19-8-4-6-15(7-9-19)20(13(2)21)11-17(22)23/h12,15H,3-11H2,1-2H3,(H,22,23)/t15-/m0/s1. The molecule has 1 fully saturated rings. The Morgan fingerprint density at radius 1 is 1.42 bits per heavy atom. The van der Waals surface area contributed by atoms with Gasteiger partial charge < -0.3 is 10.0 Å². The summed E-state index contributed by atoms with van der Waals surface area (Å²) in [6.45, 7) is 6.09. The van der Waals surface area contributed by atoms with Gasteiger partial charge in [-0.05, 0) is 38.6 Å². The van der Waals surface area contributed by atoms with E-state index >= 15 is 0 Å². The molecular formula is C17H27N3O3S. The van der Waals surface area contributed by atoms with E-state index in [0.717, 1.165) is 57.4 Å². The van der Waals surface area contributed by atoms with Gasteiger partial charge >= 0.3 is 5.97 Å². The SMILES string of the molecule is CCCc1nc(CN2CCC[C@H](N(CC(=O)O)C(C)=O)CC2)cs1. The molecule has 1 aliphatic heterocycles. The molecule has 7 heteroatoms. The zero-order valence-electron chi connectivity index (χ0n) is 14.5. The van der Waals surface area contributed by atoms with Gasteiger partial charge in [0.05, 0.1) is 10.7 Å². The second-order valence-electron chi connectivity index (χ2n) is 6.38. The number of carboxylic acid groups (broad SMARTS) is 1. The van der Waals surface area contributed by atoms with Crippen LogP contribution in [0.1, 0.15) is 50.2 Å². The van der Waals surface area contributed by atoms with Crippen molar-refractivity contribution in [3.63, 3.8) is 0 Å². The number of nitrogens with zero attached hydrogens (tertiary/aromatic N) is 3. The fourth-order valence-corrected chi connectivity index (χ4v) is 4.12. The van der Waals surface area contributed by atoms with Crippen LogP contribution in [0.15, 0.2) is 5.38 Å². The lowest BCUT2D eigenvalue weighted by molar-refractivity contribution is -0.145. The topological polar surface area (TPSA) is 73.7 Å². The van der Waals surface area contributed by atoms with E-state index in [2.05, 4.69) is 22.2 Å². The number of carbonyl (C=O) groups is 2. The van der Waals surface area contributed by atoms with Crippen LogP contribution in [0.3, 0.4) is 0 Å². The average molecular weight is 353 g/mol. The minimum Gasteiger partial charge on any atom is -0.480 e. The van der Waals surface area contributed by atoms with E-state index in [9.17, 15) is 9.59 Å². The van der Waals surface area contributed by atoms with Crippen LogP contribution in [-0.4, -0.2) is 57.4 Å². The fraction of sp³-hybridized carbons (Fsp3) is 0.706. The summed E-state index contributed by atoms with van der Waals surface area (Å²) in [7, 11) is 0. The van der Waals surface area contributed by atoms with Crippen molar-refractivity contribution in [1.29, 1.82) is 0 Å². The van der Waals surface area contributed by atoms with Crippen molar-refractivity contribution >= 4 is 23.2 Å². The molecule has 0 bridgehead atoms. The molecular weight excluding hydrogens is 326 g/mol. The highest BCUT2D eigenvalue weighted by atomic mass is 32.1. The summed E-state index contributed by atoms with van der Waals surface area (Å²) in [5, 5.41) is 12.4. The monoisotopic (exact) mass is 353 g/mol. The normalized spacial score (nSPS) is 19.0. The van der Waals surface area contributed by atoms with Crippen molar-refractivity contribution in [1.82, 2.24) is 14.8 Å². The Morgan fingerprint density at radius 3 is 2.88 bits per heavy atom. The Labute approximate surface area is 147 Å². The third kappa shape index (κ3) is 5.56. The number of rotatable bonds is 7. The Morgan fingerprint density at radius 2 is 2.21 bits per heavy atom. The number of thiazole rings is 1. The molecule has 0 unspecified atom stereocenters. The molecule has 1 aromatic heterocycles. The van der Waals surface area contributed by atoms with Crippen LogP contribution in [0.5, 0.6) is 0 Å². The van der Waals surface area contributed by atoms with Gasteiger partial charge in [0.1, 0.15) is 6.54 Å². The zero-order valence-corrected chi connectivity index (χ0v) is 15.3. The first-order chi connectivity index (χ1) is 11.5. The number of amides is 1. The van der Waals surface area contributed by atoms with Crippen LogP contribution < -0.4 is 0 Å². The molecule has 24 heavy (non-hydrogen) atoms. The van der Waals surface area contributed by atoms with E-state index in [1.54, 1.807) is 11.3 Å². The van der Waals surface area contributed by atoms with E-state index in [0.29, 0.717) is 0 Å². The maximum Gasteiger partial charge on any atom is 0.323 e. The van der Waals surface area contributed by atoms with Gasteiger partial charge in [-0.15, -0.1) is 11.3 Å². The molecule has 1 amide bonds. The summed E-state index contributed by atoms with van der Waals surface area (Å²) in [6, 6.07) is 0.0229. The van der Waals surface area contributed by atoms with E-state index in [1.807, 2.05) is 0 Å². The summed E-state index contributed by atoms with van der Waals surface area (Å²) in [5.74, 6) is -1.10. The van der Waals surface area contributed by atoms with Gasteiger partial charge in [0.2, 0.25) is 5.91 Å². The molecule has 2 heterocycles. The lowest BCUT2D eigenvalue weighted by Crippen LogP contribution is -2.42. The maximum absolute atomic E-state index is 11.8. The predicted octanol–water partition coefficient (Wildman–Crippen LogP) is 2.38. The highest BCUT2D eigenvalue weighted by Gasteiger charge is 2.26. The highest BCUT2D eigenvalue weighted by Crippen LogP contribution is 2.20. The molecule has 1 aromatic rings. The van der Waals surface area contributed by atoms with Crippen molar-refractivity contribution in [2.45, 2.75) is 58.5 Å². The van der Waals surface area contributed by atoms with E-state index in [4.69, 9.17) is 5.11 Å². The van der Waals surface area contributed by atoms with E-state index < -0.39 is 5.97 Å². The number of likely N-dealkylation sites (tertiary alicyclic amines) is 1. The predicted molar refractivity (Wildman–Crippen MR) is 94.0 cm³/mol. The molecule has 0 radical (unpaired) electrons. The van der Waals surface area contributed by atoms with Gasteiger partial charge in [0.25, 0.3) is 0 Å². The van der Waals surface area contributed by atoms with E-state index in [-0.39, 0.29) is 18.5 Å². The lowest BCUT2D eigenvalue weighted by atomic mass is 10.1. The number of carbonyl (C=O) groups excluding carboxylic acids is 1. The average Bonchev–Trinajstić information content (AvgIpc) is 2.82. The molecule has 0 saturated carbocycles. The number of aromatic nitrogens is 1. The third-order valence-corrected chi connectivity index (χ3v) is 5.35. The van der Waals surface area contributed by atoms with Crippen molar-refractivity contribution in [2.75, 3.05) is 19.6 Å². The molecule has 1 aliphatic rings. The maximum atomic E-state index is 11.8. The van der Waals surface area contributed by atoms with Gasteiger partial charge in [0, 0.05) is 31.4 Å². The number of aliphatic carboxylic acids is 1. The first-order valence-corrected chi connectivity index (χ1v) is 9.52. The second kappa shape index (κ2) is 9.13. The van der Waals surface area contributed by atoms with Gasteiger partial charge in [0.15, 0.2) is 0 Å². The summed E-state index contributed by atoms with van der Waals surface area (Å²) in [6.07, 6.45) is 4.80. The number of carboxylic acids is 1. The Bertz CT molecular complexity index is 561. The summed E-state index contributed by atoms with van der Waals surface area (Å²) >= 11 is 1.73. The number of hydrogen-bond acceptors (Lipinski definition) is 5. The Hall–Kier alpha value is -1.47. The minimum atomic E-state index is -0.947. The quantitative estimate of drug-likeness (QED) is 0.815. The fourth-order valence-electron chi connectivity index (χ4n) is 3.23. The van der Waals surface area contributed by atoms with Gasteiger partial charge in [-0.25, -0.2) is 4.98 Å². The largest absolute Gasteiger partial charge is 0.480 e. The minimum absolute atomic E-state index is 0.0229. The molecule has 1 atom stereocenters. The number of aryl methyl sites for hydroxylation is 1. The van der Waals surface area contributed by atoms with Crippen molar-refractivity contribution in [3.05, 3.63) is 16.1 Å². The van der Waals surface area contributed by atoms with Crippen LogP contribution in [0.25, 0.3) is 0 Å². The highest BCUT2D eigenvalue weighted by molar-refractivity contribution is 7.09. The first kappa shape index (κ1) is 18.9. The van der Waals surface area contributed by atoms with Gasteiger partial charge in [-0.2, -0.15) is 0 Å². The summed E-state index contributed by atoms with van der Waals surface area (Å²) in [5.41, 5.74) is 1.12. The van der Waals surface area contributed by atoms with E-state index in [1.165, 1.54) is 16.8 Å². The van der Waals surface area contributed by atoms with Crippen LogP contribution in [0, 0.1) is 0 Å². The first-order valence-electron chi connectivity index (χ1n) is 8.64. The van der Waals surface area contributed by atoms with Crippen LogP contribution in [0.4, 0.5) is 0 Å². The van der Waals surface area contributed by atoms with Crippen molar-refractivity contribution in [3.8, 4) is 0 Å². The smallest absolute Gasteiger partial charge is 0.323 e. The van der Waals surface area contributed by atoms with Crippen LogP contribution in [-0.2, 0) is 22.6 Å². The van der Waals surface area contributed by atoms with Crippen molar-refractivity contribution < 1.29 is 14.7 Å². The molecule has 1 N–H and O–H groups in total. The molecule has 0 aliphatic carbocycles. The summed E-state index contributed by atoms with van der Waals surface area (Å²) in [4.78, 5) is 31.3.